The summed E-state index contributed by atoms with van der Waals surface area (Å²) in [6.07, 6.45) is 7.64. The van der Waals surface area contributed by atoms with E-state index in [1.165, 1.54) is 36.9 Å². The summed E-state index contributed by atoms with van der Waals surface area (Å²) in [5.41, 5.74) is 5.16. The first-order valence-electron chi connectivity index (χ1n) is 8.81. The summed E-state index contributed by atoms with van der Waals surface area (Å²) in [5, 5.41) is 3.86. The molecule has 22 heavy (non-hydrogen) atoms. The van der Waals surface area contributed by atoms with E-state index < -0.39 is 0 Å². The Morgan fingerprint density at radius 2 is 1.77 bits per heavy atom. The number of allylic oxidation sites excluding steroid dienone is 1. The van der Waals surface area contributed by atoms with Gasteiger partial charge in [0.25, 0.3) is 0 Å². The van der Waals surface area contributed by atoms with Crippen LogP contribution in [0.3, 0.4) is 0 Å². The molecule has 1 nitrogen and oxygen atoms in total. The number of rotatable bonds is 2. The summed E-state index contributed by atoms with van der Waals surface area (Å²) in [6.45, 7) is 12.0. The van der Waals surface area contributed by atoms with Gasteiger partial charge < -0.3 is 5.32 Å². The first kappa shape index (κ1) is 15.6. The number of nitrogens with one attached hydrogen (secondary N) is 1. The molecule has 0 amide bonds. The van der Waals surface area contributed by atoms with Crippen LogP contribution < -0.4 is 5.32 Å². The molecule has 0 aliphatic heterocycles. The van der Waals surface area contributed by atoms with E-state index in [9.17, 15) is 0 Å². The van der Waals surface area contributed by atoms with Gasteiger partial charge in [-0.25, -0.2) is 0 Å². The smallest absolute Gasteiger partial charge is 0.0372 e. The highest BCUT2D eigenvalue weighted by Gasteiger charge is 2.45. The van der Waals surface area contributed by atoms with Crippen molar-refractivity contribution >= 4 is 5.69 Å². The van der Waals surface area contributed by atoms with Gasteiger partial charge in [-0.3, -0.25) is 0 Å². The molecule has 1 aromatic rings. The minimum absolute atomic E-state index is 0.332. The third-order valence-electron chi connectivity index (χ3n) is 6.17. The standard InChI is InChI=1S/C21H31N/c1-15-9-6-7-11-18(15)22-19-13-16-10-8-12-20(2,3)17(16)14-21(19,4)5/h6-7,9-11,17,19,22H,8,12-14H2,1-5H3. The average Bonchev–Trinajstić information content (AvgIpc) is 2.43. The lowest BCUT2D eigenvalue weighted by Crippen LogP contribution is -2.47. The van der Waals surface area contributed by atoms with E-state index in [-0.39, 0.29) is 0 Å². The Labute approximate surface area is 136 Å². The van der Waals surface area contributed by atoms with Gasteiger partial charge in [0.05, 0.1) is 0 Å². The fourth-order valence-corrected chi connectivity index (χ4v) is 4.43. The highest BCUT2D eigenvalue weighted by Crippen LogP contribution is 2.53. The Morgan fingerprint density at radius 1 is 1.05 bits per heavy atom. The van der Waals surface area contributed by atoms with Crippen LogP contribution >= 0.6 is 0 Å². The zero-order valence-corrected chi connectivity index (χ0v) is 14.9. The van der Waals surface area contributed by atoms with E-state index in [4.69, 9.17) is 0 Å². The second kappa shape index (κ2) is 5.44. The number of fused-ring (bicyclic) bond motifs is 1. The molecule has 2 atom stereocenters. The van der Waals surface area contributed by atoms with Crippen LogP contribution in [0.15, 0.2) is 35.9 Å². The maximum atomic E-state index is 3.86. The predicted octanol–water partition coefficient (Wildman–Crippen LogP) is 5.96. The monoisotopic (exact) mass is 297 g/mol. The van der Waals surface area contributed by atoms with Crippen LogP contribution in [0.1, 0.15) is 58.9 Å². The van der Waals surface area contributed by atoms with Crippen molar-refractivity contribution in [2.45, 2.75) is 66.3 Å². The van der Waals surface area contributed by atoms with Gasteiger partial charge in [-0.1, -0.05) is 57.5 Å². The first-order valence-corrected chi connectivity index (χ1v) is 8.81. The third kappa shape index (κ3) is 2.83. The molecule has 1 aromatic carbocycles. The van der Waals surface area contributed by atoms with Crippen LogP contribution in [0.4, 0.5) is 5.69 Å². The Kier molecular flexibility index (Phi) is 3.87. The molecule has 2 aliphatic rings. The number of hydrogen-bond acceptors (Lipinski definition) is 1. The minimum atomic E-state index is 0.332. The number of anilines is 1. The van der Waals surface area contributed by atoms with Gasteiger partial charge in [-0.15, -0.1) is 0 Å². The maximum Gasteiger partial charge on any atom is 0.0372 e. The van der Waals surface area contributed by atoms with Gasteiger partial charge in [-0.2, -0.15) is 0 Å². The number of hydrogen-bond donors (Lipinski definition) is 1. The molecule has 1 fully saturated rings. The van der Waals surface area contributed by atoms with Gasteiger partial charge in [-0.05, 0) is 61.0 Å². The molecule has 0 heterocycles. The molecule has 2 aliphatic carbocycles. The highest BCUT2D eigenvalue weighted by molar-refractivity contribution is 5.51. The first-order chi connectivity index (χ1) is 10.3. The summed E-state index contributed by atoms with van der Waals surface area (Å²) in [5.74, 6) is 0.770. The topological polar surface area (TPSA) is 12.0 Å². The number of aryl methyl sites for hydroxylation is 1. The molecule has 0 spiro atoms. The Hall–Kier alpha value is -1.24. The quantitative estimate of drug-likeness (QED) is 0.664. The van der Waals surface area contributed by atoms with Gasteiger partial charge >= 0.3 is 0 Å². The lowest BCUT2D eigenvalue weighted by Gasteiger charge is -2.51. The van der Waals surface area contributed by atoms with Crippen molar-refractivity contribution in [2.75, 3.05) is 5.32 Å². The molecule has 2 unspecified atom stereocenters. The molecule has 120 valence electrons. The summed E-state index contributed by atoms with van der Waals surface area (Å²) >= 11 is 0. The zero-order chi connectivity index (χ0) is 16.0. The fraction of sp³-hybridized carbons (Fsp3) is 0.619. The van der Waals surface area contributed by atoms with Crippen molar-refractivity contribution < 1.29 is 0 Å². The van der Waals surface area contributed by atoms with Crippen LogP contribution in [-0.2, 0) is 0 Å². The van der Waals surface area contributed by atoms with Crippen molar-refractivity contribution in [1.82, 2.24) is 0 Å². The van der Waals surface area contributed by atoms with Crippen LogP contribution in [0.25, 0.3) is 0 Å². The number of benzene rings is 1. The van der Waals surface area contributed by atoms with Crippen molar-refractivity contribution in [2.24, 2.45) is 16.7 Å². The SMILES string of the molecule is Cc1ccccc1NC1CC2=CCCC(C)(C)C2CC1(C)C. The molecule has 1 N–H and O–H groups in total. The molecule has 3 rings (SSSR count). The van der Waals surface area contributed by atoms with Crippen LogP contribution in [-0.4, -0.2) is 6.04 Å². The lowest BCUT2D eigenvalue weighted by molar-refractivity contribution is 0.102. The Balaban J connectivity index is 1.85. The van der Waals surface area contributed by atoms with Crippen LogP contribution in [0.2, 0.25) is 0 Å². The molecule has 1 saturated carbocycles. The molecule has 1 heteroatoms. The summed E-state index contributed by atoms with van der Waals surface area (Å²) in [4.78, 5) is 0. The lowest BCUT2D eigenvalue weighted by atomic mass is 9.56. The summed E-state index contributed by atoms with van der Waals surface area (Å²) in [6, 6.07) is 9.21. The van der Waals surface area contributed by atoms with Crippen LogP contribution in [0.5, 0.6) is 0 Å². The molecule has 0 radical (unpaired) electrons. The second-order valence-corrected chi connectivity index (χ2v) is 8.77. The van der Waals surface area contributed by atoms with Crippen LogP contribution in [0, 0.1) is 23.7 Å². The van der Waals surface area contributed by atoms with Crippen molar-refractivity contribution in [1.29, 1.82) is 0 Å². The molecular weight excluding hydrogens is 266 g/mol. The molecular formula is C21H31N. The van der Waals surface area contributed by atoms with E-state index in [0.29, 0.717) is 16.9 Å². The molecule has 0 aromatic heterocycles. The second-order valence-electron chi connectivity index (χ2n) is 8.77. The molecule has 0 saturated heterocycles. The molecule has 0 bridgehead atoms. The van der Waals surface area contributed by atoms with Gasteiger partial charge in [0.2, 0.25) is 0 Å². The minimum Gasteiger partial charge on any atom is -0.381 e. The van der Waals surface area contributed by atoms with E-state index in [0.717, 1.165) is 5.92 Å². The van der Waals surface area contributed by atoms with E-state index >= 15 is 0 Å². The maximum absolute atomic E-state index is 3.86. The average molecular weight is 297 g/mol. The zero-order valence-electron chi connectivity index (χ0n) is 14.9. The third-order valence-corrected chi connectivity index (χ3v) is 6.17. The largest absolute Gasteiger partial charge is 0.381 e. The van der Waals surface area contributed by atoms with Crippen molar-refractivity contribution in [3.8, 4) is 0 Å². The highest BCUT2D eigenvalue weighted by atomic mass is 14.9. The van der Waals surface area contributed by atoms with E-state index in [1.54, 1.807) is 5.57 Å². The normalized spacial score (nSPS) is 29.4. The van der Waals surface area contributed by atoms with Gasteiger partial charge in [0, 0.05) is 11.7 Å². The van der Waals surface area contributed by atoms with Gasteiger partial charge in [0.1, 0.15) is 0 Å². The van der Waals surface area contributed by atoms with E-state index in [2.05, 4.69) is 70.3 Å². The van der Waals surface area contributed by atoms with E-state index in [1.807, 2.05) is 0 Å². The van der Waals surface area contributed by atoms with Crippen molar-refractivity contribution in [3.63, 3.8) is 0 Å². The summed E-state index contributed by atoms with van der Waals surface area (Å²) in [7, 11) is 0. The van der Waals surface area contributed by atoms with Crippen molar-refractivity contribution in [3.05, 3.63) is 41.5 Å². The Morgan fingerprint density at radius 3 is 2.50 bits per heavy atom. The Bertz CT molecular complexity index is 579. The predicted molar refractivity (Wildman–Crippen MR) is 96.2 cm³/mol. The van der Waals surface area contributed by atoms with Gasteiger partial charge in [0.15, 0.2) is 0 Å². The fourth-order valence-electron chi connectivity index (χ4n) is 4.43. The summed E-state index contributed by atoms with van der Waals surface area (Å²) < 4.78 is 0. The number of para-hydroxylation sites is 1.